The Balaban J connectivity index is 1.60. The van der Waals surface area contributed by atoms with Crippen molar-refractivity contribution >= 4 is 5.91 Å². The van der Waals surface area contributed by atoms with Gasteiger partial charge in [0.15, 0.2) is 11.6 Å². The molecule has 4 rings (SSSR count). The van der Waals surface area contributed by atoms with Crippen LogP contribution in [-0.2, 0) is 11.2 Å². The van der Waals surface area contributed by atoms with E-state index in [1.54, 1.807) is 23.1 Å². The maximum atomic E-state index is 14.3. The van der Waals surface area contributed by atoms with E-state index in [0.717, 1.165) is 24.5 Å². The number of carbonyl (C=O) groups excluding carboxylic acids is 1. The molecule has 1 saturated heterocycles. The van der Waals surface area contributed by atoms with Crippen LogP contribution < -0.4 is 0 Å². The molecule has 0 unspecified atom stereocenters. The Morgan fingerprint density at radius 3 is 2.63 bits per heavy atom. The van der Waals surface area contributed by atoms with Gasteiger partial charge in [0.1, 0.15) is 6.17 Å². The first-order valence-corrected chi connectivity index (χ1v) is 9.43. The van der Waals surface area contributed by atoms with E-state index in [-0.39, 0.29) is 35.9 Å². The van der Waals surface area contributed by atoms with E-state index in [2.05, 4.69) is 0 Å². The molecule has 1 heterocycles. The van der Waals surface area contributed by atoms with Gasteiger partial charge >= 0.3 is 0 Å². The zero-order valence-corrected chi connectivity index (χ0v) is 15.2. The molecule has 1 aliphatic carbocycles. The predicted octanol–water partition coefficient (Wildman–Crippen LogP) is 4.77. The molecule has 2 aromatic rings. The normalized spacial score (nSPS) is 25.0. The lowest BCUT2D eigenvalue weighted by Gasteiger charge is -2.27. The Morgan fingerprint density at radius 1 is 1.15 bits per heavy atom. The summed E-state index contributed by atoms with van der Waals surface area (Å²) in [6.07, 6.45) is 1.26. The predicted molar refractivity (Wildman–Crippen MR) is 97.8 cm³/mol. The highest BCUT2D eigenvalue weighted by atomic mass is 19.2. The molecular weight excluding hydrogens is 351 g/mol. The summed E-state index contributed by atoms with van der Waals surface area (Å²) in [6, 6.07) is 11.1. The minimum Gasteiger partial charge on any atom is -0.336 e. The number of hydrogen-bond donors (Lipinski definition) is 0. The SMILES string of the molecule is C[C@H]1[C@@H](F)CN(C(=O)C2CC2)[C@H]1Cc1cccc(-c2cccc(F)c2F)c1. The van der Waals surface area contributed by atoms with Gasteiger partial charge in [-0.25, -0.2) is 13.2 Å². The summed E-state index contributed by atoms with van der Waals surface area (Å²) in [5.74, 6) is -1.90. The first-order chi connectivity index (χ1) is 13.0. The zero-order valence-electron chi connectivity index (χ0n) is 15.2. The third kappa shape index (κ3) is 3.47. The highest BCUT2D eigenvalue weighted by molar-refractivity contribution is 5.81. The Hall–Kier alpha value is -2.30. The molecule has 1 amide bonds. The largest absolute Gasteiger partial charge is 0.336 e. The van der Waals surface area contributed by atoms with Crippen molar-refractivity contribution in [3.05, 3.63) is 59.7 Å². The number of nitrogens with zero attached hydrogens (tertiary/aromatic N) is 1. The van der Waals surface area contributed by atoms with Gasteiger partial charge in [0.05, 0.1) is 6.54 Å². The lowest BCUT2D eigenvalue weighted by atomic mass is 9.93. The minimum absolute atomic E-state index is 0.0534. The van der Waals surface area contributed by atoms with Crippen LogP contribution in [0.25, 0.3) is 11.1 Å². The molecule has 0 N–H and O–H groups in total. The maximum Gasteiger partial charge on any atom is 0.226 e. The van der Waals surface area contributed by atoms with Crippen molar-refractivity contribution in [2.24, 2.45) is 11.8 Å². The molecule has 5 heteroatoms. The average Bonchev–Trinajstić information content (AvgIpc) is 3.47. The second-order valence-electron chi connectivity index (χ2n) is 7.71. The standard InChI is InChI=1S/C22H22F3NO/c1-13-19(24)12-26(22(27)15-8-9-15)20(13)11-14-4-2-5-16(10-14)17-6-3-7-18(23)21(17)25/h2-7,10,13,15,19-20H,8-9,11-12H2,1H3/t13-,19-,20-/m0/s1. The molecule has 0 bridgehead atoms. The average molecular weight is 373 g/mol. The van der Waals surface area contributed by atoms with Gasteiger partial charge in [-0.15, -0.1) is 0 Å². The Labute approximate surface area is 157 Å². The van der Waals surface area contributed by atoms with Crippen LogP contribution in [0.15, 0.2) is 42.5 Å². The van der Waals surface area contributed by atoms with Gasteiger partial charge in [-0.3, -0.25) is 4.79 Å². The van der Waals surface area contributed by atoms with Crippen LogP contribution in [0.5, 0.6) is 0 Å². The number of halogens is 3. The third-order valence-electron chi connectivity index (χ3n) is 5.79. The molecule has 27 heavy (non-hydrogen) atoms. The van der Waals surface area contributed by atoms with Gasteiger partial charge in [-0.1, -0.05) is 43.3 Å². The molecule has 2 aromatic carbocycles. The molecule has 0 radical (unpaired) electrons. The fraction of sp³-hybridized carbons (Fsp3) is 0.409. The second kappa shape index (κ2) is 7.02. The quantitative estimate of drug-likeness (QED) is 0.756. The highest BCUT2D eigenvalue weighted by Gasteiger charge is 2.45. The number of hydrogen-bond acceptors (Lipinski definition) is 1. The summed E-state index contributed by atoms with van der Waals surface area (Å²) in [7, 11) is 0. The first-order valence-electron chi connectivity index (χ1n) is 9.43. The first kappa shape index (κ1) is 18.1. The van der Waals surface area contributed by atoms with Crippen molar-refractivity contribution in [3.8, 4) is 11.1 Å². The van der Waals surface area contributed by atoms with Crippen LogP contribution in [0, 0.1) is 23.5 Å². The van der Waals surface area contributed by atoms with Crippen molar-refractivity contribution in [1.82, 2.24) is 4.90 Å². The summed E-state index contributed by atoms with van der Waals surface area (Å²) in [5, 5.41) is 0. The van der Waals surface area contributed by atoms with Gasteiger partial charge in [0.25, 0.3) is 0 Å². The van der Waals surface area contributed by atoms with Crippen molar-refractivity contribution in [1.29, 1.82) is 0 Å². The lowest BCUT2D eigenvalue weighted by Crippen LogP contribution is -2.39. The van der Waals surface area contributed by atoms with Crippen LogP contribution in [-0.4, -0.2) is 29.6 Å². The summed E-state index contributed by atoms with van der Waals surface area (Å²) < 4.78 is 42.0. The van der Waals surface area contributed by atoms with Crippen LogP contribution in [0.3, 0.4) is 0 Å². The molecule has 2 fully saturated rings. The lowest BCUT2D eigenvalue weighted by molar-refractivity contribution is -0.133. The van der Waals surface area contributed by atoms with E-state index in [4.69, 9.17) is 0 Å². The van der Waals surface area contributed by atoms with E-state index in [1.807, 2.05) is 13.0 Å². The fourth-order valence-electron chi connectivity index (χ4n) is 3.96. The topological polar surface area (TPSA) is 20.3 Å². The summed E-state index contributed by atoms with van der Waals surface area (Å²) in [4.78, 5) is 14.2. The number of likely N-dealkylation sites (tertiary alicyclic amines) is 1. The summed E-state index contributed by atoms with van der Waals surface area (Å²) >= 11 is 0. The molecule has 0 spiro atoms. The molecule has 2 aliphatic rings. The number of amides is 1. The van der Waals surface area contributed by atoms with E-state index >= 15 is 0 Å². The van der Waals surface area contributed by atoms with Crippen molar-refractivity contribution < 1.29 is 18.0 Å². The Morgan fingerprint density at radius 2 is 1.89 bits per heavy atom. The third-order valence-corrected chi connectivity index (χ3v) is 5.79. The zero-order chi connectivity index (χ0) is 19.1. The Bertz CT molecular complexity index is 864. The van der Waals surface area contributed by atoms with E-state index in [9.17, 15) is 18.0 Å². The molecule has 1 aliphatic heterocycles. The van der Waals surface area contributed by atoms with Gasteiger partial charge in [-0.05, 0) is 36.5 Å². The Kier molecular flexibility index (Phi) is 4.70. The van der Waals surface area contributed by atoms with Gasteiger partial charge in [0.2, 0.25) is 5.91 Å². The number of carbonyl (C=O) groups is 1. The molecule has 0 aromatic heterocycles. The molecule has 1 saturated carbocycles. The van der Waals surface area contributed by atoms with Crippen LogP contribution in [0.4, 0.5) is 13.2 Å². The second-order valence-corrected chi connectivity index (χ2v) is 7.71. The van der Waals surface area contributed by atoms with Crippen molar-refractivity contribution in [2.45, 2.75) is 38.4 Å². The van der Waals surface area contributed by atoms with Crippen LogP contribution >= 0.6 is 0 Å². The summed E-state index contributed by atoms with van der Waals surface area (Å²) in [6.45, 7) is 1.99. The number of benzene rings is 2. The molecular formula is C22H22F3NO. The molecule has 142 valence electrons. The molecule has 3 atom stereocenters. The monoisotopic (exact) mass is 373 g/mol. The minimum atomic E-state index is -1.03. The van der Waals surface area contributed by atoms with Gasteiger partial charge in [-0.2, -0.15) is 0 Å². The van der Waals surface area contributed by atoms with Crippen molar-refractivity contribution in [2.75, 3.05) is 6.54 Å². The van der Waals surface area contributed by atoms with Crippen LogP contribution in [0.2, 0.25) is 0 Å². The van der Waals surface area contributed by atoms with E-state index in [1.165, 1.54) is 12.1 Å². The number of rotatable bonds is 4. The number of alkyl halides is 1. The van der Waals surface area contributed by atoms with Crippen LogP contribution in [0.1, 0.15) is 25.3 Å². The summed E-state index contributed by atoms with van der Waals surface area (Å²) in [5.41, 5.74) is 1.66. The molecule has 2 nitrogen and oxygen atoms in total. The fourth-order valence-corrected chi connectivity index (χ4v) is 3.96. The van der Waals surface area contributed by atoms with Crippen molar-refractivity contribution in [3.63, 3.8) is 0 Å². The maximum absolute atomic E-state index is 14.3. The highest BCUT2D eigenvalue weighted by Crippen LogP contribution is 2.37. The van der Waals surface area contributed by atoms with Gasteiger partial charge < -0.3 is 4.90 Å². The van der Waals surface area contributed by atoms with Gasteiger partial charge in [0, 0.05) is 23.4 Å². The van der Waals surface area contributed by atoms with E-state index < -0.39 is 17.8 Å². The van der Waals surface area contributed by atoms with E-state index in [0.29, 0.717) is 12.0 Å². The smallest absolute Gasteiger partial charge is 0.226 e.